The molecule has 0 radical (unpaired) electrons. The number of aromatic nitrogens is 1. The van der Waals surface area contributed by atoms with Crippen molar-refractivity contribution in [3.8, 4) is 11.5 Å². The number of urea groups is 1. The highest BCUT2D eigenvalue weighted by atomic mass is 16.3. The van der Waals surface area contributed by atoms with E-state index in [1.165, 1.54) is 6.07 Å². The van der Waals surface area contributed by atoms with Crippen LogP contribution in [0.2, 0.25) is 0 Å². The molecule has 2 amide bonds. The van der Waals surface area contributed by atoms with E-state index < -0.39 is 0 Å². The maximum atomic E-state index is 13.2. The Labute approximate surface area is 183 Å². The molecule has 0 spiro atoms. The number of hydrogen-bond donors (Lipinski definition) is 3. The van der Waals surface area contributed by atoms with Gasteiger partial charge in [0.25, 0.3) is 0 Å². The molecule has 0 aliphatic carbocycles. The second-order valence-electron chi connectivity index (χ2n) is 7.85. The Balaban J connectivity index is 2.31. The average Bonchev–Trinajstić information content (AvgIpc) is 3.04. The van der Waals surface area contributed by atoms with Crippen molar-refractivity contribution in [1.82, 2.24) is 9.88 Å². The molecule has 0 saturated carbocycles. The van der Waals surface area contributed by atoms with Gasteiger partial charge in [0.05, 0.1) is 11.4 Å². The third-order valence-electron chi connectivity index (χ3n) is 5.84. The van der Waals surface area contributed by atoms with Gasteiger partial charge in [0.1, 0.15) is 11.5 Å². The first-order valence-electron chi connectivity index (χ1n) is 10.6. The number of aromatic hydroxyl groups is 2. The number of anilines is 1. The third kappa shape index (κ3) is 3.98. The van der Waals surface area contributed by atoms with Crippen molar-refractivity contribution in [3.63, 3.8) is 0 Å². The molecule has 1 heterocycles. The molecule has 0 bridgehead atoms. The molecule has 31 heavy (non-hydrogen) atoms. The second kappa shape index (κ2) is 8.76. The summed E-state index contributed by atoms with van der Waals surface area (Å²) in [7, 11) is 3.59. The molecule has 0 saturated heterocycles. The van der Waals surface area contributed by atoms with Gasteiger partial charge < -0.3 is 20.1 Å². The molecule has 164 valence electrons. The molecule has 0 fully saturated rings. The summed E-state index contributed by atoms with van der Waals surface area (Å²) in [4.78, 5) is 14.8. The summed E-state index contributed by atoms with van der Waals surface area (Å²) in [5.41, 5.74) is 5.68. The van der Waals surface area contributed by atoms with Gasteiger partial charge in [0.15, 0.2) is 0 Å². The number of fused-ring (bicyclic) bond motifs is 1. The minimum absolute atomic E-state index is 0.0464. The van der Waals surface area contributed by atoms with E-state index >= 15 is 0 Å². The van der Waals surface area contributed by atoms with Crippen LogP contribution in [0, 0.1) is 6.92 Å². The molecular formula is C25H31N3O3. The summed E-state index contributed by atoms with van der Waals surface area (Å²) in [6, 6.07) is 8.73. The van der Waals surface area contributed by atoms with E-state index in [1.54, 1.807) is 18.0 Å². The molecule has 3 aromatic rings. The normalized spacial score (nSPS) is 12.1. The van der Waals surface area contributed by atoms with Gasteiger partial charge in [-0.1, -0.05) is 13.8 Å². The molecule has 0 atom stereocenters. The Hall–Kier alpha value is -3.41. The fraction of sp³-hybridized carbons (Fsp3) is 0.320. The number of hydrogen-bond acceptors (Lipinski definition) is 3. The molecule has 6 nitrogen and oxygen atoms in total. The molecule has 0 aliphatic heterocycles. The summed E-state index contributed by atoms with van der Waals surface area (Å²) in [5.74, 6) is -0.0200. The topological polar surface area (TPSA) is 77.7 Å². The molecule has 6 heteroatoms. The van der Waals surface area contributed by atoms with Gasteiger partial charge in [-0.15, -0.1) is 0 Å². The van der Waals surface area contributed by atoms with Crippen LogP contribution in [0.1, 0.15) is 43.9 Å². The highest BCUT2D eigenvalue weighted by molar-refractivity contribution is 6.07. The Morgan fingerprint density at radius 2 is 1.84 bits per heavy atom. The van der Waals surface area contributed by atoms with Gasteiger partial charge in [0, 0.05) is 42.8 Å². The van der Waals surface area contributed by atoms with E-state index in [-0.39, 0.29) is 17.5 Å². The largest absolute Gasteiger partial charge is 0.508 e. The van der Waals surface area contributed by atoms with Gasteiger partial charge in [0.2, 0.25) is 0 Å². The maximum absolute atomic E-state index is 13.2. The predicted molar refractivity (Wildman–Crippen MR) is 127 cm³/mol. The lowest BCUT2D eigenvalue weighted by Crippen LogP contribution is -2.37. The smallest absolute Gasteiger partial charge is 0.326 e. The van der Waals surface area contributed by atoms with Crippen LogP contribution in [0.5, 0.6) is 11.5 Å². The van der Waals surface area contributed by atoms with Crippen LogP contribution in [0.15, 0.2) is 42.1 Å². The standard InChI is InChI=1S/C25H31N3O3/c1-7-15(3)24(20-11-17(8-2)22(29)13-23(20)30)28(25(31)26-5)18-9-10-21-19(12-18)16(4)14-27(21)6/h9-14,29-30H,7-8H2,1-6H3,(H,26,31). The summed E-state index contributed by atoms with van der Waals surface area (Å²) in [6.45, 7) is 7.95. The van der Waals surface area contributed by atoms with Crippen LogP contribution < -0.4 is 10.2 Å². The minimum Gasteiger partial charge on any atom is -0.508 e. The van der Waals surface area contributed by atoms with Crippen molar-refractivity contribution in [2.75, 3.05) is 11.9 Å². The van der Waals surface area contributed by atoms with Crippen LogP contribution in [0.3, 0.4) is 0 Å². The highest BCUT2D eigenvalue weighted by Gasteiger charge is 2.26. The lowest BCUT2D eigenvalue weighted by molar-refractivity contribution is 0.250. The molecule has 3 rings (SSSR count). The first kappa shape index (κ1) is 22.3. The molecule has 2 aromatic carbocycles. The zero-order valence-electron chi connectivity index (χ0n) is 19.1. The van der Waals surface area contributed by atoms with E-state index in [2.05, 4.69) is 16.1 Å². The number of phenolic OH excluding ortho intramolecular Hbond substituents is 2. The van der Waals surface area contributed by atoms with E-state index in [0.29, 0.717) is 35.4 Å². The number of carbonyl (C=O) groups is 1. The van der Waals surface area contributed by atoms with Gasteiger partial charge in [-0.3, -0.25) is 4.90 Å². The minimum atomic E-state index is -0.304. The summed E-state index contributed by atoms with van der Waals surface area (Å²) in [6.07, 6.45) is 3.36. The van der Waals surface area contributed by atoms with E-state index in [4.69, 9.17) is 0 Å². The fourth-order valence-electron chi connectivity index (χ4n) is 3.98. The third-order valence-corrected chi connectivity index (χ3v) is 5.84. The number of nitrogens with one attached hydrogen (secondary N) is 1. The first-order valence-corrected chi connectivity index (χ1v) is 10.6. The number of benzene rings is 2. The SMILES string of the molecule is CCC(C)=C(c1cc(CC)c(O)cc1O)N(C(=O)NC)c1ccc2c(c1)c(C)cn2C. The summed E-state index contributed by atoms with van der Waals surface area (Å²) in [5, 5.41) is 24.7. The van der Waals surface area contributed by atoms with Crippen molar-refractivity contribution in [2.45, 2.75) is 40.5 Å². The highest BCUT2D eigenvalue weighted by Crippen LogP contribution is 2.39. The lowest BCUT2D eigenvalue weighted by Gasteiger charge is -2.28. The molecule has 1 aromatic heterocycles. The van der Waals surface area contributed by atoms with E-state index in [0.717, 1.165) is 22.0 Å². The van der Waals surface area contributed by atoms with Crippen LogP contribution in [-0.2, 0) is 13.5 Å². The second-order valence-corrected chi connectivity index (χ2v) is 7.85. The predicted octanol–water partition coefficient (Wildman–Crippen LogP) is 5.45. The number of amides is 2. The summed E-state index contributed by atoms with van der Waals surface area (Å²) >= 11 is 0. The quantitative estimate of drug-likeness (QED) is 0.513. The van der Waals surface area contributed by atoms with Crippen molar-refractivity contribution in [3.05, 3.63) is 58.8 Å². The number of allylic oxidation sites excluding steroid dienone is 1. The maximum Gasteiger partial charge on any atom is 0.326 e. The Morgan fingerprint density at radius 1 is 1.13 bits per heavy atom. The van der Waals surface area contributed by atoms with Crippen LogP contribution in [-0.4, -0.2) is 27.9 Å². The van der Waals surface area contributed by atoms with Gasteiger partial charge in [-0.2, -0.15) is 0 Å². The molecule has 0 unspecified atom stereocenters. The monoisotopic (exact) mass is 421 g/mol. The Morgan fingerprint density at radius 3 is 2.45 bits per heavy atom. The van der Waals surface area contributed by atoms with Crippen LogP contribution in [0.25, 0.3) is 16.6 Å². The molecule has 3 N–H and O–H groups in total. The number of rotatable bonds is 5. The zero-order valence-corrected chi connectivity index (χ0v) is 19.1. The van der Waals surface area contributed by atoms with Gasteiger partial charge in [-0.25, -0.2) is 4.79 Å². The van der Waals surface area contributed by atoms with E-state index in [9.17, 15) is 15.0 Å². The first-order chi connectivity index (χ1) is 14.7. The number of nitrogens with zero attached hydrogens (tertiary/aromatic N) is 2. The summed E-state index contributed by atoms with van der Waals surface area (Å²) < 4.78 is 2.06. The van der Waals surface area contributed by atoms with Crippen LogP contribution in [0.4, 0.5) is 10.5 Å². The molecule has 0 aliphatic rings. The number of phenols is 2. The number of aryl methyl sites for hydroxylation is 3. The van der Waals surface area contributed by atoms with Gasteiger partial charge in [-0.05, 0) is 67.7 Å². The zero-order chi connectivity index (χ0) is 22.9. The van der Waals surface area contributed by atoms with Crippen molar-refractivity contribution >= 4 is 28.3 Å². The van der Waals surface area contributed by atoms with E-state index in [1.807, 2.05) is 52.9 Å². The van der Waals surface area contributed by atoms with Crippen molar-refractivity contribution < 1.29 is 15.0 Å². The lowest BCUT2D eigenvalue weighted by atomic mass is 9.98. The van der Waals surface area contributed by atoms with Crippen LogP contribution >= 0.6 is 0 Å². The van der Waals surface area contributed by atoms with Crippen molar-refractivity contribution in [2.24, 2.45) is 7.05 Å². The molecular weight excluding hydrogens is 390 g/mol. The fourth-order valence-corrected chi connectivity index (χ4v) is 3.98. The van der Waals surface area contributed by atoms with Crippen molar-refractivity contribution in [1.29, 1.82) is 0 Å². The Bertz CT molecular complexity index is 1170. The Kier molecular flexibility index (Phi) is 6.29. The number of carbonyl (C=O) groups excluding carboxylic acids is 1. The average molecular weight is 422 g/mol. The van der Waals surface area contributed by atoms with Gasteiger partial charge >= 0.3 is 6.03 Å².